The summed E-state index contributed by atoms with van der Waals surface area (Å²) < 4.78 is 2.37. The molecular formula is C56H35N3. The van der Waals surface area contributed by atoms with Crippen molar-refractivity contribution in [2.24, 2.45) is 0 Å². The van der Waals surface area contributed by atoms with Gasteiger partial charge in [-0.15, -0.1) is 0 Å². The van der Waals surface area contributed by atoms with E-state index in [1.807, 2.05) is 0 Å². The van der Waals surface area contributed by atoms with Gasteiger partial charge in [-0.3, -0.25) is 9.97 Å². The van der Waals surface area contributed by atoms with Crippen LogP contribution in [-0.4, -0.2) is 14.5 Å². The molecule has 59 heavy (non-hydrogen) atoms. The first kappa shape index (κ1) is 33.3. The first-order valence-electron chi connectivity index (χ1n) is 20.1. The van der Waals surface area contributed by atoms with E-state index in [1.54, 1.807) is 12.4 Å². The Morgan fingerprint density at radius 2 is 0.780 bits per heavy atom. The Kier molecular flexibility index (Phi) is 7.54. The molecule has 12 aromatic rings. The highest BCUT2D eigenvalue weighted by Crippen LogP contribution is 2.40. The van der Waals surface area contributed by atoms with Crippen LogP contribution in [0.3, 0.4) is 0 Å². The van der Waals surface area contributed by atoms with E-state index in [0.717, 1.165) is 27.4 Å². The lowest BCUT2D eigenvalue weighted by atomic mass is 9.91. The number of rotatable bonds is 5. The Labute approximate surface area is 341 Å². The molecule has 10 aromatic carbocycles. The Balaban J connectivity index is 0.900. The number of hydrogen-bond acceptors (Lipinski definition) is 2. The zero-order valence-electron chi connectivity index (χ0n) is 32.0. The molecule has 2 heterocycles. The van der Waals surface area contributed by atoms with Gasteiger partial charge in [-0.05, 0) is 109 Å². The van der Waals surface area contributed by atoms with Crippen LogP contribution < -0.4 is 0 Å². The third kappa shape index (κ3) is 5.36. The van der Waals surface area contributed by atoms with E-state index in [9.17, 15) is 0 Å². The number of para-hydroxylation sites is 2. The average Bonchev–Trinajstić information content (AvgIpc) is 3.65. The molecule has 0 saturated heterocycles. The SMILES string of the molecule is c1ccc(-n2c3ccccc3c3cc(-c4cccc5c(-c6ccc(-c7cccc(-c8ccc9c%10ccccc%10c%10nccnc%10c9c8)c7)cc6)cccc45)ccc32)cc1. The number of fused-ring (bicyclic) bond motifs is 10. The molecule has 3 heteroatoms. The highest BCUT2D eigenvalue weighted by atomic mass is 15.0. The minimum atomic E-state index is 0.934. The van der Waals surface area contributed by atoms with E-state index in [-0.39, 0.29) is 0 Å². The smallest absolute Gasteiger partial charge is 0.0971 e. The summed E-state index contributed by atoms with van der Waals surface area (Å²) in [4.78, 5) is 9.54. The fourth-order valence-corrected chi connectivity index (χ4v) is 9.34. The van der Waals surface area contributed by atoms with E-state index in [0.29, 0.717) is 0 Å². The maximum Gasteiger partial charge on any atom is 0.0971 e. The van der Waals surface area contributed by atoms with Gasteiger partial charge >= 0.3 is 0 Å². The summed E-state index contributed by atoms with van der Waals surface area (Å²) in [6.07, 6.45) is 3.57. The lowest BCUT2D eigenvalue weighted by Crippen LogP contribution is -1.92. The molecule has 0 N–H and O–H groups in total. The van der Waals surface area contributed by atoms with Crippen molar-refractivity contribution in [1.29, 1.82) is 0 Å². The zero-order chi connectivity index (χ0) is 38.9. The minimum Gasteiger partial charge on any atom is -0.309 e. The van der Waals surface area contributed by atoms with Gasteiger partial charge in [0, 0.05) is 39.6 Å². The van der Waals surface area contributed by atoms with Gasteiger partial charge in [0.25, 0.3) is 0 Å². The number of benzene rings is 10. The second-order valence-electron chi connectivity index (χ2n) is 15.3. The second-order valence-corrected chi connectivity index (χ2v) is 15.3. The van der Waals surface area contributed by atoms with Crippen LogP contribution in [0.5, 0.6) is 0 Å². The largest absolute Gasteiger partial charge is 0.309 e. The fraction of sp³-hybridized carbons (Fsp3) is 0. The molecule has 0 amide bonds. The van der Waals surface area contributed by atoms with Crippen molar-refractivity contribution < 1.29 is 0 Å². The standard InChI is InChI=1S/C56H35N3/c1-2-13-42(14-3-1)59-53-22-7-6-16-49(53)51-35-41(28-30-54(51)59)44-19-10-20-45-43(18-9-21-46(44)45)37-25-23-36(24-26-37)38-11-8-12-39(33-38)40-27-29-48-47-15-4-5-17-50(47)55-56(52(48)34-40)58-32-31-57-55/h1-35H. The Morgan fingerprint density at radius 3 is 1.56 bits per heavy atom. The summed E-state index contributed by atoms with van der Waals surface area (Å²) in [7, 11) is 0. The lowest BCUT2D eigenvalue weighted by molar-refractivity contribution is 1.18. The van der Waals surface area contributed by atoms with E-state index >= 15 is 0 Å². The molecule has 0 bridgehead atoms. The molecule has 274 valence electrons. The van der Waals surface area contributed by atoms with Gasteiger partial charge in [0.2, 0.25) is 0 Å². The van der Waals surface area contributed by atoms with Crippen LogP contribution in [0.4, 0.5) is 0 Å². The van der Waals surface area contributed by atoms with Crippen molar-refractivity contribution >= 4 is 65.2 Å². The third-order valence-electron chi connectivity index (χ3n) is 12.1. The first-order valence-corrected chi connectivity index (χ1v) is 20.1. The third-order valence-corrected chi connectivity index (χ3v) is 12.1. The monoisotopic (exact) mass is 749 g/mol. The van der Waals surface area contributed by atoms with E-state index in [4.69, 9.17) is 9.97 Å². The van der Waals surface area contributed by atoms with Crippen LogP contribution in [0.25, 0.3) is 115 Å². The van der Waals surface area contributed by atoms with Gasteiger partial charge in [0.1, 0.15) is 0 Å². The average molecular weight is 750 g/mol. The Morgan fingerprint density at radius 1 is 0.271 bits per heavy atom. The summed E-state index contributed by atoms with van der Waals surface area (Å²) in [5.74, 6) is 0. The molecule has 0 aliphatic carbocycles. The molecule has 0 unspecified atom stereocenters. The quantitative estimate of drug-likeness (QED) is 0.164. The molecule has 0 atom stereocenters. The summed E-state index contributed by atoms with van der Waals surface area (Å²) in [5, 5.41) is 9.64. The van der Waals surface area contributed by atoms with Crippen LogP contribution in [0.15, 0.2) is 213 Å². The first-order chi connectivity index (χ1) is 29.3. The van der Waals surface area contributed by atoms with E-state index in [2.05, 4.69) is 205 Å². The van der Waals surface area contributed by atoms with Crippen molar-refractivity contribution in [3.63, 3.8) is 0 Å². The highest BCUT2D eigenvalue weighted by molar-refractivity contribution is 6.23. The number of nitrogens with zero attached hydrogens (tertiary/aromatic N) is 3. The fourth-order valence-electron chi connectivity index (χ4n) is 9.34. The maximum atomic E-state index is 4.80. The zero-order valence-corrected chi connectivity index (χ0v) is 32.0. The molecule has 3 nitrogen and oxygen atoms in total. The minimum absolute atomic E-state index is 0.934. The van der Waals surface area contributed by atoms with Crippen molar-refractivity contribution in [1.82, 2.24) is 14.5 Å². The van der Waals surface area contributed by atoms with Gasteiger partial charge in [-0.2, -0.15) is 0 Å². The maximum absolute atomic E-state index is 4.80. The topological polar surface area (TPSA) is 30.7 Å². The van der Waals surface area contributed by atoms with E-state index in [1.165, 1.54) is 88.0 Å². The molecule has 0 spiro atoms. The van der Waals surface area contributed by atoms with Gasteiger partial charge in [-0.25, -0.2) is 0 Å². The molecule has 0 radical (unpaired) electrons. The van der Waals surface area contributed by atoms with Crippen molar-refractivity contribution in [2.75, 3.05) is 0 Å². The molecule has 12 rings (SSSR count). The highest BCUT2D eigenvalue weighted by Gasteiger charge is 2.16. The molecule has 0 fully saturated rings. The molecule has 2 aromatic heterocycles. The number of aromatic nitrogens is 3. The Bertz CT molecular complexity index is 3570. The molecular weight excluding hydrogens is 715 g/mol. The predicted octanol–water partition coefficient (Wildman–Crippen LogP) is 14.9. The van der Waals surface area contributed by atoms with Crippen LogP contribution in [-0.2, 0) is 0 Å². The van der Waals surface area contributed by atoms with Gasteiger partial charge in [-0.1, -0.05) is 158 Å². The van der Waals surface area contributed by atoms with Crippen LogP contribution >= 0.6 is 0 Å². The summed E-state index contributed by atoms with van der Waals surface area (Å²) in [6, 6.07) is 72.8. The Hall–Kier alpha value is -7.88. The van der Waals surface area contributed by atoms with Gasteiger partial charge in [0.15, 0.2) is 0 Å². The summed E-state index contributed by atoms with van der Waals surface area (Å²) in [5.41, 5.74) is 15.0. The van der Waals surface area contributed by atoms with Crippen LogP contribution in [0.1, 0.15) is 0 Å². The van der Waals surface area contributed by atoms with Gasteiger partial charge < -0.3 is 4.57 Å². The van der Waals surface area contributed by atoms with Crippen molar-refractivity contribution in [3.8, 4) is 50.2 Å². The molecule has 0 aliphatic heterocycles. The second kappa shape index (κ2) is 13.4. The predicted molar refractivity (Wildman–Crippen MR) is 248 cm³/mol. The number of hydrogen-bond donors (Lipinski definition) is 0. The van der Waals surface area contributed by atoms with Crippen molar-refractivity contribution in [3.05, 3.63) is 213 Å². The summed E-state index contributed by atoms with van der Waals surface area (Å²) >= 11 is 0. The normalized spacial score (nSPS) is 11.7. The van der Waals surface area contributed by atoms with Crippen LogP contribution in [0, 0.1) is 0 Å². The van der Waals surface area contributed by atoms with Gasteiger partial charge in [0.05, 0.1) is 22.1 Å². The lowest BCUT2D eigenvalue weighted by Gasteiger charge is -2.13. The van der Waals surface area contributed by atoms with E-state index < -0.39 is 0 Å². The molecule has 0 saturated carbocycles. The summed E-state index contributed by atoms with van der Waals surface area (Å²) in [6.45, 7) is 0. The van der Waals surface area contributed by atoms with Crippen molar-refractivity contribution in [2.45, 2.75) is 0 Å². The molecule has 0 aliphatic rings. The van der Waals surface area contributed by atoms with Crippen LogP contribution in [0.2, 0.25) is 0 Å².